The van der Waals surface area contributed by atoms with Crippen molar-refractivity contribution < 1.29 is 19.4 Å². The molecule has 2 heterocycles. The number of fused-ring (bicyclic) bond motifs is 2. The number of ether oxygens (including phenoxy) is 2. The normalized spacial score (nSPS) is 13.3. The molecule has 7 nitrogen and oxygen atoms in total. The van der Waals surface area contributed by atoms with Crippen LogP contribution in [0.2, 0.25) is 0 Å². The maximum Gasteiger partial charge on any atom is 0.255 e. The van der Waals surface area contributed by atoms with Crippen LogP contribution in [0.5, 0.6) is 11.5 Å². The van der Waals surface area contributed by atoms with Crippen molar-refractivity contribution in [2.24, 2.45) is 0 Å². The Balaban J connectivity index is 1.44. The van der Waals surface area contributed by atoms with Crippen LogP contribution in [0.1, 0.15) is 21.5 Å². The van der Waals surface area contributed by atoms with E-state index < -0.39 is 6.04 Å². The maximum atomic E-state index is 13.4. The number of aromatic nitrogens is 1. The van der Waals surface area contributed by atoms with Crippen molar-refractivity contribution in [1.29, 1.82) is 5.26 Å². The van der Waals surface area contributed by atoms with E-state index in [9.17, 15) is 9.90 Å². The summed E-state index contributed by atoms with van der Waals surface area (Å²) in [4.78, 5) is 16.7. The van der Waals surface area contributed by atoms with E-state index in [0.29, 0.717) is 43.1 Å². The predicted molar refractivity (Wildman–Crippen MR) is 133 cm³/mol. The van der Waals surface area contributed by atoms with E-state index >= 15 is 0 Å². The Kier molecular flexibility index (Phi) is 6.38. The average molecular weight is 468 g/mol. The zero-order chi connectivity index (χ0) is 24.2. The first-order valence-corrected chi connectivity index (χ1v) is 11.5. The molecular weight excluding hydrogens is 442 g/mol. The van der Waals surface area contributed by atoms with Crippen molar-refractivity contribution in [3.05, 3.63) is 83.6 Å². The summed E-state index contributed by atoms with van der Waals surface area (Å²) < 4.78 is 11.6. The van der Waals surface area contributed by atoms with Gasteiger partial charge in [-0.1, -0.05) is 42.5 Å². The van der Waals surface area contributed by atoms with E-state index in [1.807, 2.05) is 60.8 Å². The number of nitriles is 1. The van der Waals surface area contributed by atoms with Crippen LogP contribution in [-0.4, -0.2) is 41.9 Å². The first-order valence-electron chi connectivity index (χ1n) is 11.5. The standard InChI is InChI=1S/C28H25N3O4/c29-9-8-18-4-3-5-19(12-18)20-14-24(27-26(15-20)34-10-11-35-27)28(33)31-22(17-32)13-21-16-30-25-7-2-1-6-23(21)25/h1-7,12,14-16,22,30,32H,8,10-11,13,17H2,(H,31,33)/t22-/m1/s1. The highest BCUT2D eigenvalue weighted by Gasteiger charge is 2.25. The van der Waals surface area contributed by atoms with Gasteiger partial charge in [0.25, 0.3) is 5.91 Å². The highest BCUT2D eigenvalue weighted by molar-refractivity contribution is 5.99. The largest absolute Gasteiger partial charge is 0.486 e. The molecule has 1 amide bonds. The lowest BCUT2D eigenvalue weighted by Gasteiger charge is -2.23. The van der Waals surface area contributed by atoms with Crippen LogP contribution in [0, 0.1) is 11.3 Å². The van der Waals surface area contributed by atoms with Crippen molar-refractivity contribution in [3.63, 3.8) is 0 Å². The zero-order valence-corrected chi connectivity index (χ0v) is 19.1. The second kappa shape index (κ2) is 9.92. The van der Waals surface area contributed by atoms with Gasteiger partial charge in [-0.25, -0.2) is 0 Å². The number of benzene rings is 3. The Morgan fingerprint density at radius 3 is 2.80 bits per heavy atom. The molecule has 1 aliphatic rings. The summed E-state index contributed by atoms with van der Waals surface area (Å²) in [5.74, 6) is 0.553. The molecule has 35 heavy (non-hydrogen) atoms. The highest BCUT2D eigenvalue weighted by atomic mass is 16.6. The Morgan fingerprint density at radius 2 is 1.94 bits per heavy atom. The first kappa shape index (κ1) is 22.5. The number of hydrogen-bond donors (Lipinski definition) is 3. The summed E-state index contributed by atoms with van der Waals surface area (Å²) in [5, 5.41) is 23.1. The van der Waals surface area contributed by atoms with Gasteiger partial charge in [-0.3, -0.25) is 4.79 Å². The molecule has 7 heteroatoms. The number of carbonyl (C=O) groups excluding carboxylic acids is 1. The van der Waals surface area contributed by atoms with Gasteiger partial charge in [0, 0.05) is 17.1 Å². The van der Waals surface area contributed by atoms with Crippen molar-refractivity contribution >= 4 is 16.8 Å². The number of aromatic amines is 1. The second-order valence-electron chi connectivity index (χ2n) is 8.50. The molecule has 0 radical (unpaired) electrons. The third kappa shape index (κ3) is 4.70. The Labute approximate surface area is 202 Å². The van der Waals surface area contributed by atoms with Gasteiger partial charge < -0.3 is 24.9 Å². The summed E-state index contributed by atoms with van der Waals surface area (Å²) in [6.45, 7) is 0.537. The number of nitrogens with one attached hydrogen (secondary N) is 2. The smallest absolute Gasteiger partial charge is 0.255 e. The van der Waals surface area contributed by atoms with E-state index in [4.69, 9.17) is 14.7 Å². The lowest BCUT2D eigenvalue weighted by atomic mass is 9.98. The van der Waals surface area contributed by atoms with E-state index in [0.717, 1.165) is 33.2 Å². The highest BCUT2D eigenvalue weighted by Crippen LogP contribution is 2.38. The van der Waals surface area contributed by atoms with Gasteiger partial charge in [0.05, 0.1) is 30.7 Å². The van der Waals surface area contributed by atoms with Gasteiger partial charge >= 0.3 is 0 Å². The Bertz CT molecular complexity index is 1420. The molecule has 3 N–H and O–H groups in total. The molecule has 1 atom stereocenters. The minimum absolute atomic E-state index is 0.208. The summed E-state index contributed by atoms with van der Waals surface area (Å²) >= 11 is 0. The SMILES string of the molecule is N#CCc1cccc(-c2cc3c(c(C(=O)N[C@@H](CO)Cc4c[nH]c5ccccc45)c2)OCCO3)c1. The molecule has 0 aliphatic carbocycles. The number of hydrogen-bond acceptors (Lipinski definition) is 5. The van der Waals surface area contributed by atoms with Crippen LogP contribution < -0.4 is 14.8 Å². The maximum absolute atomic E-state index is 13.4. The minimum Gasteiger partial charge on any atom is -0.486 e. The number of rotatable bonds is 7. The molecular formula is C28H25N3O4. The number of amides is 1. The Hall–Kier alpha value is -4.28. The molecule has 0 fully saturated rings. The molecule has 1 aromatic heterocycles. The van der Waals surface area contributed by atoms with Gasteiger partial charge in [-0.05, 0) is 46.9 Å². The van der Waals surface area contributed by atoms with E-state index in [-0.39, 0.29) is 12.5 Å². The number of aliphatic hydroxyl groups is 1. The third-order valence-corrected chi connectivity index (χ3v) is 6.13. The van der Waals surface area contributed by atoms with Crippen LogP contribution in [0.15, 0.2) is 66.9 Å². The summed E-state index contributed by atoms with van der Waals surface area (Å²) in [7, 11) is 0. The number of H-pyrrole nitrogens is 1. The number of aliphatic hydroxyl groups excluding tert-OH is 1. The molecule has 0 saturated carbocycles. The second-order valence-corrected chi connectivity index (χ2v) is 8.50. The fourth-order valence-electron chi connectivity index (χ4n) is 4.43. The lowest BCUT2D eigenvalue weighted by Crippen LogP contribution is -2.39. The topological polar surface area (TPSA) is 107 Å². The van der Waals surface area contributed by atoms with Gasteiger partial charge in [0.2, 0.25) is 0 Å². The van der Waals surface area contributed by atoms with Gasteiger partial charge in [0.1, 0.15) is 13.2 Å². The molecule has 0 unspecified atom stereocenters. The van der Waals surface area contributed by atoms with E-state index in [1.165, 1.54) is 0 Å². The minimum atomic E-state index is -0.482. The van der Waals surface area contributed by atoms with Crippen LogP contribution in [0.4, 0.5) is 0 Å². The number of para-hydroxylation sites is 1. The van der Waals surface area contributed by atoms with Crippen LogP contribution >= 0.6 is 0 Å². The third-order valence-electron chi connectivity index (χ3n) is 6.13. The van der Waals surface area contributed by atoms with Gasteiger partial charge in [0.15, 0.2) is 11.5 Å². The van der Waals surface area contributed by atoms with Crippen molar-refractivity contribution in [3.8, 4) is 28.7 Å². The molecule has 0 bridgehead atoms. The van der Waals surface area contributed by atoms with Crippen LogP contribution in [0.3, 0.4) is 0 Å². The number of carbonyl (C=O) groups is 1. The quantitative estimate of drug-likeness (QED) is 0.381. The fraction of sp³-hybridized carbons (Fsp3) is 0.214. The first-order chi connectivity index (χ1) is 17.2. The number of nitrogens with zero attached hydrogens (tertiary/aromatic N) is 1. The van der Waals surface area contributed by atoms with Gasteiger partial charge in [-0.15, -0.1) is 0 Å². The molecule has 176 valence electrons. The molecule has 0 spiro atoms. The van der Waals surface area contributed by atoms with Crippen molar-refractivity contribution in [2.75, 3.05) is 19.8 Å². The Morgan fingerprint density at radius 1 is 1.09 bits per heavy atom. The molecule has 1 aliphatic heterocycles. The van der Waals surface area contributed by atoms with Gasteiger partial charge in [-0.2, -0.15) is 5.26 Å². The van der Waals surface area contributed by atoms with Crippen LogP contribution in [0.25, 0.3) is 22.0 Å². The molecule has 0 saturated heterocycles. The summed E-state index contributed by atoms with van der Waals surface area (Å²) in [6, 6.07) is 20.9. The molecule has 3 aromatic carbocycles. The van der Waals surface area contributed by atoms with E-state index in [2.05, 4.69) is 16.4 Å². The van der Waals surface area contributed by atoms with Crippen molar-refractivity contribution in [1.82, 2.24) is 10.3 Å². The monoisotopic (exact) mass is 467 g/mol. The lowest BCUT2D eigenvalue weighted by molar-refractivity contribution is 0.0906. The predicted octanol–water partition coefficient (Wildman–Crippen LogP) is 4.01. The fourth-order valence-corrected chi connectivity index (χ4v) is 4.43. The average Bonchev–Trinajstić information content (AvgIpc) is 3.30. The van der Waals surface area contributed by atoms with Crippen LogP contribution in [-0.2, 0) is 12.8 Å². The van der Waals surface area contributed by atoms with Crippen molar-refractivity contribution in [2.45, 2.75) is 18.9 Å². The van der Waals surface area contributed by atoms with E-state index in [1.54, 1.807) is 6.07 Å². The summed E-state index contributed by atoms with van der Waals surface area (Å²) in [5.41, 5.74) is 4.93. The molecule has 4 aromatic rings. The summed E-state index contributed by atoms with van der Waals surface area (Å²) in [6.07, 6.45) is 2.69. The zero-order valence-electron chi connectivity index (χ0n) is 19.1. The molecule has 5 rings (SSSR count).